The van der Waals surface area contributed by atoms with Gasteiger partial charge < -0.3 is 15.4 Å². The molecule has 1 fully saturated rings. The number of benzene rings is 1. The van der Waals surface area contributed by atoms with Crippen LogP contribution in [0.2, 0.25) is 0 Å². The maximum absolute atomic E-state index is 5.90. The lowest BCUT2D eigenvalue weighted by molar-refractivity contribution is 0.0646. The predicted molar refractivity (Wildman–Crippen MR) is 120 cm³/mol. The number of nitrogens with one attached hydrogen (secondary N) is 2. The van der Waals surface area contributed by atoms with Crippen molar-refractivity contribution in [1.29, 1.82) is 0 Å². The molecule has 0 spiro atoms. The summed E-state index contributed by atoms with van der Waals surface area (Å²) < 4.78 is 5.90. The molecule has 1 aliphatic rings. The third kappa shape index (κ3) is 8.17. The van der Waals surface area contributed by atoms with E-state index < -0.39 is 0 Å². The fraction of sp³-hybridized carbons (Fsp3) is 0.632. The summed E-state index contributed by atoms with van der Waals surface area (Å²) in [5.74, 6) is 0.915. The normalized spacial score (nSPS) is 21.5. The van der Waals surface area contributed by atoms with Gasteiger partial charge in [-0.1, -0.05) is 30.3 Å². The van der Waals surface area contributed by atoms with Gasteiger partial charge in [0.1, 0.15) is 0 Å². The number of nitrogens with zero attached hydrogens (tertiary/aromatic N) is 1. The van der Waals surface area contributed by atoms with Crippen molar-refractivity contribution in [2.75, 3.05) is 26.5 Å². The highest BCUT2D eigenvalue weighted by Gasteiger charge is 2.24. The van der Waals surface area contributed by atoms with Gasteiger partial charge in [-0.05, 0) is 44.4 Å². The van der Waals surface area contributed by atoms with Crippen molar-refractivity contribution in [1.82, 2.24) is 10.6 Å². The molecule has 0 heterocycles. The van der Waals surface area contributed by atoms with Crippen molar-refractivity contribution >= 4 is 41.7 Å². The molecular formula is C19H32IN3OS. The van der Waals surface area contributed by atoms with Crippen molar-refractivity contribution in [2.45, 2.75) is 50.0 Å². The number of hydrogen-bond acceptors (Lipinski definition) is 3. The number of hydrogen-bond donors (Lipinski definition) is 2. The van der Waals surface area contributed by atoms with Crippen LogP contribution in [0, 0.1) is 0 Å². The summed E-state index contributed by atoms with van der Waals surface area (Å²) in [6.07, 6.45) is 7.10. The van der Waals surface area contributed by atoms with Crippen molar-refractivity contribution in [3.8, 4) is 0 Å². The molecule has 1 saturated carbocycles. The highest BCUT2D eigenvalue weighted by Crippen LogP contribution is 2.27. The molecule has 2 N–H and O–H groups in total. The zero-order valence-electron chi connectivity index (χ0n) is 15.5. The maximum Gasteiger partial charge on any atom is 0.191 e. The third-order valence-corrected chi connectivity index (χ3v) is 5.63. The van der Waals surface area contributed by atoms with Gasteiger partial charge in [0.05, 0.1) is 6.10 Å². The Morgan fingerprint density at radius 3 is 2.72 bits per heavy atom. The molecule has 1 aliphatic carbocycles. The molecular weight excluding hydrogens is 445 g/mol. The average Bonchev–Trinajstić information content (AvgIpc) is 3.08. The third-order valence-electron chi connectivity index (χ3n) is 4.53. The molecule has 0 radical (unpaired) electrons. The maximum atomic E-state index is 5.90. The largest absolute Gasteiger partial charge is 0.374 e. The van der Waals surface area contributed by atoms with Gasteiger partial charge in [0.2, 0.25) is 0 Å². The zero-order chi connectivity index (χ0) is 17.2. The molecule has 0 saturated heterocycles. The Labute approximate surface area is 174 Å². The minimum absolute atomic E-state index is 0. The van der Waals surface area contributed by atoms with Crippen molar-refractivity contribution in [3.05, 3.63) is 35.9 Å². The van der Waals surface area contributed by atoms with Gasteiger partial charge in [-0.2, -0.15) is 11.8 Å². The van der Waals surface area contributed by atoms with Crippen LogP contribution in [0.25, 0.3) is 0 Å². The Morgan fingerprint density at radius 2 is 2.08 bits per heavy atom. The first kappa shape index (κ1) is 22.6. The van der Waals surface area contributed by atoms with Gasteiger partial charge in [0.25, 0.3) is 0 Å². The molecule has 0 bridgehead atoms. The Kier molecular flexibility index (Phi) is 11.6. The van der Waals surface area contributed by atoms with E-state index in [-0.39, 0.29) is 30.1 Å². The van der Waals surface area contributed by atoms with E-state index in [9.17, 15) is 0 Å². The molecule has 2 rings (SSSR count). The number of aliphatic imine (C=N–C) groups is 1. The van der Waals surface area contributed by atoms with Crippen molar-refractivity contribution in [3.63, 3.8) is 0 Å². The van der Waals surface area contributed by atoms with Crippen LogP contribution >= 0.6 is 35.7 Å². The molecule has 25 heavy (non-hydrogen) atoms. The first-order chi connectivity index (χ1) is 11.7. The summed E-state index contributed by atoms with van der Waals surface area (Å²) >= 11 is 1.98. The Bertz CT molecular complexity index is 501. The fourth-order valence-corrected chi connectivity index (χ4v) is 3.83. The van der Waals surface area contributed by atoms with E-state index in [0.29, 0.717) is 6.04 Å². The second-order valence-corrected chi connectivity index (χ2v) is 7.43. The van der Waals surface area contributed by atoms with E-state index in [1.807, 2.05) is 24.9 Å². The summed E-state index contributed by atoms with van der Waals surface area (Å²) in [6, 6.07) is 10.9. The summed E-state index contributed by atoms with van der Waals surface area (Å²) in [7, 11) is 1.84. The van der Waals surface area contributed by atoms with E-state index in [2.05, 4.69) is 53.1 Å². The second kappa shape index (κ2) is 12.8. The molecule has 0 aliphatic heterocycles. The quantitative estimate of drug-likeness (QED) is 0.255. The first-order valence-electron chi connectivity index (χ1n) is 8.89. The topological polar surface area (TPSA) is 45.7 Å². The molecule has 1 aromatic rings. The van der Waals surface area contributed by atoms with Gasteiger partial charge in [-0.15, -0.1) is 24.0 Å². The van der Waals surface area contributed by atoms with Crippen LogP contribution in [0.5, 0.6) is 0 Å². The van der Waals surface area contributed by atoms with E-state index in [1.165, 1.54) is 24.8 Å². The minimum Gasteiger partial charge on any atom is -0.374 e. The molecule has 0 aromatic heterocycles. The van der Waals surface area contributed by atoms with Crippen LogP contribution in [0.4, 0.5) is 0 Å². The highest BCUT2D eigenvalue weighted by molar-refractivity contribution is 14.0. The molecule has 0 amide bonds. The zero-order valence-corrected chi connectivity index (χ0v) is 18.7. The number of thioether (sulfide) groups is 1. The van der Waals surface area contributed by atoms with E-state index in [0.717, 1.165) is 30.8 Å². The predicted octanol–water partition coefficient (Wildman–Crippen LogP) is 4.22. The van der Waals surface area contributed by atoms with Crippen LogP contribution in [-0.4, -0.2) is 43.7 Å². The second-order valence-electron chi connectivity index (χ2n) is 6.29. The number of halogens is 1. The molecule has 3 unspecified atom stereocenters. The van der Waals surface area contributed by atoms with Crippen molar-refractivity contribution in [2.24, 2.45) is 4.99 Å². The number of rotatable bonds is 8. The van der Waals surface area contributed by atoms with E-state index >= 15 is 0 Å². The lowest BCUT2D eigenvalue weighted by Crippen LogP contribution is -2.43. The summed E-state index contributed by atoms with van der Waals surface area (Å²) in [5.41, 5.74) is 1.23. The van der Waals surface area contributed by atoms with E-state index in [1.54, 1.807) is 0 Å². The molecule has 1 aromatic carbocycles. The molecule has 3 atom stereocenters. The lowest BCUT2D eigenvalue weighted by Gasteiger charge is -2.18. The van der Waals surface area contributed by atoms with E-state index in [4.69, 9.17) is 4.74 Å². The molecule has 6 heteroatoms. The van der Waals surface area contributed by atoms with Crippen LogP contribution in [0.3, 0.4) is 0 Å². The smallest absolute Gasteiger partial charge is 0.191 e. The fourth-order valence-electron chi connectivity index (χ4n) is 3.03. The number of guanidine groups is 1. The number of ether oxygens (including phenoxy) is 1. The van der Waals surface area contributed by atoms with Crippen LogP contribution in [-0.2, 0) is 4.74 Å². The molecule has 4 nitrogen and oxygen atoms in total. The summed E-state index contributed by atoms with van der Waals surface area (Å²) in [5, 5.41) is 7.73. The first-order valence-corrected chi connectivity index (χ1v) is 10.2. The Hall–Kier alpha value is -0.470. The summed E-state index contributed by atoms with van der Waals surface area (Å²) in [4.78, 5) is 4.33. The minimum atomic E-state index is 0. The van der Waals surface area contributed by atoms with Crippen molar-refractivity contribution < 1.29 is 4.74 Å². The van der Waals surface area contributed by atoms with Gasteiger partial charge in [-0.3, -0.25) is 4.99 Å². The summed E-state index contributed by atoms with van der Waals surface area (Å²) in [6.45, 7) is 3.73. The Morgan fingerprint density at radius 1 is 1.32 bits per heavy atom. The highest BCUT2D eigenvalue weighted by atomic mass is 127. The Balaban J connectivity index is 0.00000312. The average molecular weight is 477 g/mol. The molecule has 142 valence electrons. The van der Waals surface area contributed by atoms with Gasteiger partial charge in [0.15, 0.2) is 5.96 Å². The van der Waals surface area contributed by atoms with Crippen LogP contribution in [0.15, 0.2) is 35.3 Å². The monoisotopic (exact) mass is 477 g/mol. The van der Waals surface area contributed by atoms with Crippen LogP contribution < -0.4 is 10.6 Å². The SMILES string of the molecule is CN=C(NCCCOC(C)c1ccccc1)NC1CCC(SC)C1.I. The lowest BCUT2D eigenvalue weighted by atomic mass is 10.1. The van der Waals surface area contributed by atoms with Crippen LogP contribution in [0.1, 0.15) is 44.3 Å². The standard InChI is InChI=1S/C19H31N3OS.HI/c1-15(16-8-5-4-6-9-16)23-13-7-12-21-19(20-2)22-17-10-11-18(14-17)24-3;/h4-6,8-9,15,17-18H,7,10-14H2,1-3H3,(H2,20,21,22);1H. The van der Waals surface area contributed by atoms with Gasteiger partial charge in [-0.25, -0.2) is 0 Å². The van der Waals surface area contributed by atoms with Gasteiger partial charge >= 0.3 is 0 Å². The van der Waals surface area contributed by atoms with Gasteiger partial charge in [0, 0.05) is 31.5 Å².